The number of ether oxygens (including phenoxy) is 2. The van der Waals surface area contributed by atoms with Crippen LogP contribution >= 0.6 is 0 Å². The number of halogens is 8. The van der Waals surface area contributed by atoms with E-state index in [9.17, 15) is 35.1 Å². The fourth-order valence-electron chi connectivity index (χ4n) is 3.53. The summed E-state index contributed by atoms with van der Waals surface area (Å²) in [7, 11) is 0. The van der Waals surface area contributed by atoms with Crippen LogP contribution in [-0.4, -0.2) is 6.61 Å². The Morgan fingerprint density at radius 3 is 1.95 bits per heavy atom. The van der Waals surface area contributed by atoms with E-state index >= 15 is 0 Å². The summed E-state index contributed by atoms with van der Waals surface area (Å²) in [5.41, 5.74) is -2.04. The summed E-state index contributed by atoms with van der Waals surface area (Å²) in [6.45, 7) is 2.07. The van der Waals surface area contributed by atoms with Crippen LogP contribution in [0.5, 0.6) is 11.5 Å². The zero-order valence-corrected chi connectivity index (χ0v) is 19.9. The molecule has 4 aromatic rings. The van der Waals surface area contributed by atoms with Crippen LogP contribution in [0.3, 0.4) is 0 Å². The zero-order valence-electron chi connectivity index (χ0n) is 19.9. The van der Waals surface area contributed by atoms with E-state index in [1.54, 1.807) is 6.92 Å². The van der Waals surface area contributed by atoms with Gasteiger partial charge in [-0.1, -0.05) is 11.8 Å². The van der Waals surface area contributed by atoms with Crippen LogP contribution < -0.4 is 9.47 Å². The summed E-state index contributed by atoms with van der Waals surface area (Å²) < 4.78 is 122. The summed E-state index contributed by atoms with van der Waals surface area (Å²) in [4.78, 5) is 0. The SMILES string of the molecule is CCOc1ccc(C#Cc2ccc(C(F)(F)Oc3ccc(-c4cc(F)c(F)c(F)c4)c(F)c3)c(F)c2)c(F)c1. The van der Waals surface area contributed by atoms with Gasteiger partial charge in [-0.25, -0.2) is 26.3 Å². The van der Waals surface area contributed by atoms with E-state index in [1.807, 2.05) is 0 Å². The number of hydrogen-bond acceptors (Lipinski definition) is 2. The number of benzene rings is 4. The third kappa shape index (κ3) is 6.14. The molecule has 0 saturated heterocycles. The Morgan fingerprint density at radius 1 is 0.667 bits per heavy atom. The largest absolute Gasteiger partial charge is 0.494 e. The van der Waals surface area contributed by atoms with Crippen molar-refractivity contribution in [3.63, 3.8) is 0 Å². The maximum atomic E-state index is 14.7. The summed E-state index contributed by atoms with van der Waals surface area (Å²) in [6.07, 6.45) is -4.26. The minimum absolute atomic E-state index is 0.0202. The van der Waals surface area contributed by atoms with Crippen molar-refractivity contribution in [3.05, 3.63) is 118 Å². The Balaban J connectivity index is 1.53. The smallest absolute Gasteiger partial charge is 0.429 e. The molecule has 0 fully saturated rings. The van der Waals surface area contributed by atoms with Gasteiger partial charge in [0.05, 0.1) is 12.2 Å². The molecule has 0 spiro atoms. The molecular formula is C29H16F8O2. The highest BCUT2D eigenvalue weighted by Gasteiger charge is 2.38. The Labute approximate surface area is 217 Å². The lowest BCUT2D eigenvalue weighted by Crippen LogP contribution is -2.23. The first-order valence-electron chi connectivity index (χ1n) is 11.2. The van der Waals surface area contributed by atoms with Crippen molar-refractivity contribution in [1.29, 1.82) is 0 Å². The second-order valence-electron chi connectivity index (χ2n) is 8.03. The second-order valence-corrected chi connectivity index (χ2v) is 8.03. The number of alkyl halides is 2. The van der Waals surface area contributed by atoms with Crippen molar-refractivity contribution in [1.82, 2.24) is 0 Å². The molecule has 200 valence electrons. The Kier molecular flexibility index (Phi) is 7.81. The molecule has 4 rings (SSSR count). The molecule has 0 atom stereocenters. The lowest BCUT2D eigenvalue weighted by molar-refractivity contribution is -0.187. The van der Waals surface area contributed by atoms with E-state index in [-0.39, 0.29) is 16.7 Å². The summed E-state index contributed by atoms with van der Waals surface area (Å²) in [6, 6.07) is 9.79. The quantitative estimate of drug-likeness (QED) is 0.138. The molecule has 0 heterocycles. The highest BCUT2D eigenvalue weighted by molar-refractivity contribution is 5.65. The highest BCUT2D eigenvalue weighted by atomic mass is 19.3. The van der Waals surface area contributed by atoms with E-state index in [0.29, 0.717) is 42.7 Å². The molecule has 0 N–H and O–H groups in total. The highest BCUT2D eigenvalue weighted by Crippen LogP contribution is 2.35. The van der Waals surface area contributed by atoms with Gasteiger partial charge in [0.15, 0.2) is 17.5 Å². The zero-order chi connectivity index (χ0) is 28.3. The van der Waals surface area contributed by atoms with E-state index < -0.39 is 57.9 Å². The molecule has 39 heavy (non-hydrogen) atoms. The molecule has 0 saturated carbocycles. The van der Waals surface area contributed by atoms with Crippen molar-refractivity contribution < 1.29 is 44.6 Å². The predicted molar refractivity (Wildman–Crippen MR) is 126 cm³/mol. The van der Waals surface area contributed by atoms with E-state index in [2.05, 4.69) is 16.6 Å². The Morgan fingerprint density at radius 2 is 1.33 bits per heavy atom. The lowest BCUT2D eigenvalue weighted by Gasteiger charge is -2.19. The maximum absolute atomic E-state index is 14.7. The third-order valence-corrected chi connectivity index (χ3v) is 5.36. The molecule has 0 amide bonds. The van der Waals surface area contributed by atoms with Gasteiger partial charge in [-0.15, -0.1) is 0 Å². The van der Waals surface area contributed by atoms with Gasteiger partial charge in [-0.05, 0) is 67.1 Å². The molecule has 0 bridgehead atoms. The van der Waals surface area contributed by atoms with Crippen LogP contribution in [0.25, 0.3) is 11.1 Å². The minimum Gasteiger partial charge on any atom is -0.494 e. The molecule has 0 aromatic heterocycles. The first-order valence-corrected chi connectivity index (χ1v) is 11.2. The first kappa shape index (κ1) is 27.5. The molecule has 0 aliphatic rings. The molecule has 0 aliphatic heterocycles. The topological polar surface area (TPSA) is 18.5 Å². The number of hydrogen-bond donors (Lipinski definition) is 0. The standard InChI is InChI=1S/C29H16F8O2/c1-2-38-19-7-6-17(23(30)14-19)5-3-16-4-10-22(25(32)11-16)29(36,37)39-20-8-9-21(24(31)15-20)18-12-26(33)28(35)27(34)13-18/h4,6-15H,2H2,1H3. The van der Waals surface area contributed by atoms with Crippen molar-refractivity contribution in [2.24, 2.45) is 0 Å². The average molecular weight is 548 g/mol. The first-order chi connectivity index (χ1) is 18.5. The minimum atomic E-state index is -4.26. The maximum Gasteiger partial charge on any atom is 0.429 e. The van der Waals surface area contributed by atoms with Crippen LogP contribution in [0, 0.1) is 46.7 Å². The fourth-order valence-corrected chi connectivity index (χ4v) is 3.53. The van der Waals surface area contributed by atoms with Gasteiger partial charge in [0.2, 0.25) is 0 Å². The molecule has 0 unspecified atom stereocenters. The molecule has 0 radical (unpaired) electrons. The molecule has 0 aliphatic carbocycles. The van der Waals surface area contributed by atoms with Crippen molar-refractivity contribution in [3.8, 4) is 34.5 Å². The van der Waals surface area contributed by atoms with Crippen LogP contribution in [0.4, 0.5) is 35.1 Å². The third-order valence-electron chi connectivity index (χ3n) is 5.36. The second kappa shape index (κ2) is 11.1. The van der Waals surface area contributed by atoms with Crippen LogP contribution in [0.2, 0.25) is 0 Å². The van der Waals surface area contributed by atoms with Gasteiger partial charge < -0.3 is 9.47 Å². The number of rotatable bonds is 6. The van der Waals surface area contributed by atoms with E-state index in [1.165, 1.54) is 12.1 Å². The van der Waals surface area contributed by atoms with E-state index in [0.717, 1.165) is 24.3 Å². The summed E-state index contributed by atoms with van der Waals surface area (Å²) in [5, 5.41) is 0. The van der Waals surface area contributed by atoms with Gasteiger partial charge >= 0.3 is 6.11 Å². The van der Waals surface area contributed by atoms with Crippen LogP contribution in [0.15, 0.2) is 66.7 Å². The Hall–Kier alpha value is -4.52. The van der Waals surface area contributed by atoms with Crippen molar-refractivity contribution >= 4 is 0 Å². The summed E-state index contributed by atoms with van der Waals surface area (Å²) in [5.74, 6) is -3.63. The van der Waals surface area contributed by atoms with Gasteiger partial charge in [0.1, 0.15) is 34.5 Å². The van der Waals surface area contributed by atoms with Gasteiger partial charge in [0.25, 0.3) is 0 Å². The predicted octanol–water partition coefficient (Wildman–Crippen LogP) is 8.12. The van der Waals surface area contributed by atoms with Crippen LogP contribution in [0.1, 0.15) is 23.6 Å². The van der Waals surface area contributed by atoms with Crippen LogP contribution in [-0.2, 0) is 6.11 Å². The van der Waals surface area contributed by atoms with E-state index in [4.69, 9.17) is 4.74 Å². The van der Waals surface area contributed by atoms with Crippen molar-refractivity contribution in [2.75, 3.05) is 6.61 Å². The Bertz CT molecular complexity index is 1580. The lowest BCUT2D eigenvalue weighted by atomic mass is 10.0. The molecular weight excluding hydrogens is 532 g/mol. The molecule has 10 heteroatoms. The van der Waals surface area contributed by atoms with Gasteiger partial charge in [-0.3, -0.25) is 0 Å². The fraction of sp³-hybridized carbons (Fsp3) is 0.103. The monoisotopic (exact) mass is 548 g/mol. The molecule has 4 aromatic carbocycles. The molecule has 2 nitrogen and oxygen atoms in total. The average Bonchev–Trinajstić information content (AvgIpc) is 2.86. The van der Waals surface area contributed by atoms with Gasteiger partial charge in [-0.2, -0.15) is 8.78 Å². The van der Waals surface area contributed by atoms with Gasteiger partial charge in [0, 0.05) is 23.3 Å². The summed E-state index contributed by atoms with van der Waals surface area (Å²) >= 11 is 0. The normalized spacial score (nSPS) is 11.1. The van der Waals surface area contributed by atoms with Crippen molar-refractivity contribution in [2.45, 2.75) is 13.0 Å².